The van der Waals surface area contributed by atoms with Crippen molar-refractivity contribution in [1.29, 1.82) is 0 Å². The average molecular weight is 393 g/mol. The van der Waals surface area contributed by atoms with Crippen molar-refractivity contribution < 1.29 is 14.1 Å². The lowest BCUT2D eigenvalue weighted by molar-refractivity contribution is -0.116. The van der Waals surface area contributed by atoms with Crippen molar-refractivity contribution in [2.75, 3.05) is 5.32 Å². The fourth-order valence-electron chi connectivity index (χ4n) is 2.54. The van der Waals surface area contributed by atoms with Gasteiger partial charge in [0.2, 0.25) is 17.6 Å². The minimum Gasteiger partial charge on any atom is -0.347 e. The van der Waals surface area contributed by atoms with Crippen molar-refractivity contribution in [3.63, 3.8) is 0 Å². The molecule has 0 atom stereocenters. The first-order valence-corrected chi connectivity index (χ1v) is 9.25. The maximum atomic E-state index is 12.2. The minimum atomic E-state index is -0.310. The maximum Gasteiger partial charge on any atom is 0.251 e. The molecule has 150 valence electrons. The zero-order valence-corrected chi connectivity index (χ0v) is 16.6. The van der Waals surface area contributed by atoms with Crippen LogP contribution in [0.2, 0.25) is 0 Å². The quantitative estimate of drug-likeness (QED) is 0.665. The number of hydrogen-bond acceptors (Lipinski definition) is 6. The van der Waals surface area contributed by atoms with E-state index in [4.69, 9.17) is 4.52 Å². The van der Waals surface area contributed by atoms with Gasteiger partial charge in [0, 0.05) is 47.6 Å². The van der Waals surface area contributed by atoms with E-state index in [9.17, 15) is 9.59 Å². The molecule has 1 aromatic carbocycles. The molecule has 2 aromatic heterocycles. The number of hydrogen-bond donors (Lipinski definition) is 2. The van der Waals surface area contributed by atoms with Crippen LogP contribution in [0.1, 0.15) is 43.4 Å². The van der Waals surface area contributed by atoms with E-state index in [2.05, 4.69) is 25.8 Å². The second-order valence-electron chi connectivity index (χ2n) is 7.58. The van der Waals surface area contributed by atoms with Crippen molar-refractivity contribution >= 4 is 17.5 Å². The molecule has 8 heteroatoms. The molecule has 0 radical (unpaired) electrons. The first kappa shape index (κ1) is 20.2. The van der Waals surface area contributed by atoms with E-state index in [-0.39, 0.29) is 23.8 Å². The molecule has 0 fully saturated rings. The molecule has 0 aliphatic heterocycles. The van der Waals surface area contributed by atoms with Crippen LogP contribution in [0.25, 0.3) is 11.4 Å². The molecule has 0 unspecified atom stereocenters. The molecule has 2 amide bonds. The van der Waals surface area contributed by atoms with Crippen LogP contribution in [0.5, 0.6) is 0 Å². The standard InChI is InChI=1S/C21H23N5O3/c1-21(2,3)25-20(28)15-4-6-16(7-5-15)23-17(27)8-9-18-24-19(26-29-18)14-10-12-22-13-11-14/h4-7,10-13H,8-9H2,1-3H3,(H,23,27)(H,25,28). The molecule has 29 heavy (non-hydrogen) atoms. The Labute approximate surface area is 168 Å². The number of nitrogens with one attached hydrogen (secondary N) is 2. The van der Waals surface area contributed by atoms with E-state index in [0.29, 0.717) is 29.4 Å². The SMILES string of the molecule is CC(C)(C)NC(=O)c1ccc(NC(=O)CCc2nc(-c3ccncc3)no2)cc1. The summed E-state index contributed by atoms with van der Waals surface area (Å²) in [7, 11) is 0. The highest BCUT2D eigenvalue weighted by Crippen LogP contribution is 2.15. The van der Waals surface area contributed by atoms with E-state index in [1.54, 1.807) is 48.8 Å². The van der Waals surface area contributed by atoms with Gasteiger partial charge < -0.3 is 15.2 Å². The highest BCUT2D eigenvalue weighted by Gasteiger charge is 2.15. The molecular formula is C21H23N5O3. The summed E-state index contributed by atoms with van der Waals surface area (Å²) in [5.74, 6) is 0.519. The van der Waals surface area contributed by atoms with Gasteiger partial charge in [-0.2, -0.15) is 4.98 Å². The Morgan fingerprint density at radius 2 is 1.72 bits per heavy atom. The summed E-state index contributed by atoms with van der Waals surface area (Å²) in [5, 5.41) is 9.61. The predicted octanol–water partition coefficient (Wildman–Crippen LogP) is 3.23. The Morgan fingerprint density at radius 1 is 1.03 bits per heavy atom. The minimum absolute atomic E-state index is 0.156. The van der Waals surface area contributed by atoms with Gasteiger partial charge in [-0.3, -0.25) is 14.6 Å². The van der Waals surface area contributed by atoms with E-state index >= 15 is 0 Å². The lowest BCUT2D eigenvalue weighted by Crippen LogP contribution is -2.40. The number of amides is 2. The molecule has 8 nitrogen and oxygen atoms in total. The Morgan fingerprint density at radius 3 is 2.38 bits per heavy atom. The molecule has 0 saturated heterocycles. The molecule has 0 spiro atoms. The lowest BCUT2D eigenvalue weighted by atomic mass is 10.1. The van der Waals surface area contributed by atoms with Crippen LogP contribution in [-0.2, 0) is 11.2 Å². The Hall–Kier alpha value is -3.55. The van der Waals surface area contributed by atoms with Crippen LogP contribution < -0.4 is 10.6 Å². The number of pyridine rings is 1. The monoisotopic (exact) mass is 393 g/mol. The smallest absolute Gasteiger partial charge is 0.251 e. The van der Waals surface area contributed by atoms with Crippen LogP contribution in [-0.4, -0.2) is 32.5 Å². The van der Waals surface area contributed by atoms with E-state index in [1.807, 2.05) is 20.8 Å². The zero-order chi connectivity index (χ0) is 20.9. The predicted molar refractivity (Wildman–Crippen MR) is 108 cm³/mol. The third-order valence-electron chi connectivity index (χ3n) is 3.89. The maximum absolute atomic E-state index is 12.2. The Bertz CT molecular complexity index is 976. The van der Waals surface area contributed by atoms with Crippen molar-refractivity contribution in [3.8, 4) is 11.4 Å². The number of anilines is 1. The molecule has 0 aliphatic rings. The van der Waals surface area contributed by atoms with Crippen molar-refractivity contribution in [2.45, 2.75) is 39.2 Å². The van der Waals surface area contributed by atoms with Crippen LogP contribution in [0, 0.1) is 0 Å². The van der Waals surface area contributed by atoms with Gasteiger partial charge in [0.1, 0.15) is 0 Å². The number of nitrogens with zero attached hydrogens (tertiary/aromatic N) is 3. The summed E-state index contributed by atoms with van der Waals surface area (Å²) in [6.45, 7) is 5.76. The number of rotatable bonds is 6. The lowest BCUT2D eigenvalue weighted by Gasteiger charge is -2.20. The van der Waals surface area contributed by atoms with Gasteiger partial charge in [0.05, 0.1) is 0 Å². The first-order chi connectivity index (χ1) is 13.8. The van der Waals surface area contributed by atoms with E-state index in [0.717, 1.165) is 5.56 Å². The number of aromatic nitrogens is 3. The number of benzene rings is 1. The van der Waals surface area contributed by atoms with Gasteiger partial charge >= 0.3 is 0 Å². The van der Waals surface area contributed by atoms with Gasteiger partial charge in [0.15, 0.2) is 0 Å². The van der Waals surface area contributed by atoms with Gasteiger partial charge in [-0.05, 0) is 57.2 Å². The summed E-state index contributed by atoms with van der Waals surface area (Å²) in [6, 6.07) is 10.3. The van der Waals surface area contributed by atoms with Crippen LogP contribution in [0.3, 0.4) is 0 Å². The average Bonchev–Trinajstić information content (AvgIpc) is 3.15. The number of aryl methyl sites for hydroxylation is 1. The molecule has 2 N–H and O–H groups in total. The van der Waals surface area contributed by atoms with Crippen LogP contribution >= 0.6 is 0 Å². The molecule has 3 aromatic rings. The third kappa shape index (κ3) is 5.97. The summed E-state index contributed by atoms with van der Waals surface area (Å²) in [4.78, 5) is 32.5. The van der Waals surface area contributed by atoms with Crippen LogP contribution in [0.15, 0.2) is 53.3 Å². The third-order valence-corrected chi connectivity index (χ3v) is 3.89. The van der Waals surface area contributed by atoms with E-state index in [1.165, 1.54) is 0 Å². The highest BCUT2D eigenvalue weighted by molar-refractivity contribution is 5.96. The second kappa shape index (κ2) is 8.64. The molecule has 0 aliphatic carbocycles. The molecule has 0 saturated carbocycles. The molecular weight excluding hydrogens is 370 g/mol. The van der Waals surface area contributed by atoms with Gasteiger partial charge in [-0.25, -0.2) is 0 Å². The zero-order valence-electron chi connectivity index (χ0n) is 16.6. The van der Waals surface area contributed by atoms with Gasteiger partial charge in [-0.15, -0.1) is 0 Å². The fraction of sp³-hybridized carbons (Fsp3) is 0.286. The second-order valence-corrected chi connectivity index (χ2v) is 7.58. The topological polar surface area (TPSA) is 110 Å². The van der Waals surface area contributed by atoms with E-state index < -0.39 is 0 Å². The summed E-state index contributed by atoms with van der Waals surface area (Å²) >= 11 is 0. The summed E-state index contributed by atoms with van der Waals surface area (Å²) in [5.41, 5.74) is 1.64. The van der Waals surface area contributed by atoms with Crippen LogP contribution in [0.4, 0.5) is 5.69 Å². The van der Waals surface area contributed by atoms with Gasteiger partial charge in [-0.1, -0.05) is 5.16 Å². The first-order valence-electron chi connectivity index (χ1n) is 9.25. The highest BCUT2D eigenvalue weighted by atomic mass is 16.5. The largest absolute Gasteiger partial charge is 0.347 e. The fourth-order valence-corrected chi connectivity index (χ4v) is 2.54. The number of carbonyl (C=O) groups excluding carboxylic acids is 2. The summed E-state index contributed by atoms with van der Waals surface area (Å²) in [6.07, 6.45) is 3.83. The Balaban J connectivity index is 1.51. The molecule has 0 bridgehead atoms. The van der Waals surface area contributed by atoms with Crippen molar-refractivity contribution in [2.24, 2.45) is 0 Å². The Kier molecular flexibility index (Phi) is 6.01. The molecule has 3 rings (SSSR count). The summed E-state index contributed by atoms with van der Waals surface area (Å²) < 4.78 is 5.20. The molecule has 2 heterocycles. The van der Waals surface area contributed by atoms with Gasteiger partial charge in [0.25, 0.3) is 5.91 Å². The normalized spacial score (nSPS) is 11.1. The van der Waals surface area contributed by atoms with Crippen molar-refractivity contribution in [1.82, 2.24) is 20.4 Å². The number of carbonyl (C=O) groups is 2. The van der Waals surface area contributed by atoms with Crippen molar-refractivity contribution in [3.05, 3.63) is 60.2 Å².